The van der Waals surface area contributed by atoms with Crippen LogP contribution in [0.15, 0.2) is 18.2 Å². The molecule has 0 saturated heterocycles. The van der Waals surface area contributed by atoms with Gasteiger partial charge in [0.2, 0.25) is 5.91 Å². The third-order valence-electron chi connectivity index (χ3n) is 3.72. The molecule has 0 spiro atoms. The maximum atomic E-state index is 11.2. The number of benzene rings is 1. The third kappa shape index (κ3) is 2.10. The molecular formula is C16H17NO2S. The van der Waals surface area contributed by atoms with E-state index in [1.165, 1.54) is 27.1 Å². The van der Waals surface area contributed by atoms with E-state index in [2.05, 4.69) is 24.4 Å². The minimum atomic E-state index is -0.0221. The van der Waals surface area contributed by atoms with Crippen LogP contribution < -0.4 is 10.1 Å². The van der Waals surface area contributed by atoms with Gasteiger partial charge in [0.15, 0.2) is 0 Å². The van der Waals surface area contributed by atoms with Crippen molar-refractivity contribution in [1.82, 2.24) is 0 Å². The number of methoxy groups -OCH3 is 1. The van der Waals surface area contributed by atoms with Crippen LogP contribution in [0.5, 0.6) is 5.75 Å². The molecule has 20 heavy (non-hydrogen) atoms. The molecule has 1 heterocycles. The van der Waals surface area contributed by atoms with E-state index in [1.54, 1.807) is 25.4 Å². The Kier molecular flexibility index (Phi) is 3.26. The number of ether oxygens (including phenoxy) is 1. The highest BCUT2D eigenvalue weighted by molar-refractivity contribution is 7.19. The van der Waals surface area contributed by atoms with E-state index in [-0.39, 0.29) is 5.91 Å². The van der Waals surface area contributed by atoms with Gasteiger partial charge in [-0.25, -0.2) is 0 Å². The Labute approximate surface area is 122 Å². The molecule has 0 fully saturated rings. The van der Waals surface area contributed by atoms with E-state index in [4.69, 9.17) is 4.74 Å². The molecule has 0 unspecified atom stereocenters. The van der Waals surface area contributed by atoms with Crippen LogP contribution in [-0.2, 0) is 17.6 Å². The quantitative estimate of drug-likeness (QED) is 0.912. The van der Waals surface area contributed by atoms with Gasteiger partial charge in [-0.05, 0) is 48.6 Å². The lowest BCUT2D eigenvalue weighted by molar-refractivity contribution is -0.114. The largest absolute Gasteiger partial charge is 0.496 e. The number of amides is 1. The van der Waals surface area contributed by atoms with Crippen molar-refractivity contribution < 1.29 is 9.53 Å². The first kappa shape index (κ1) is 13.2. The maximum Gasteiger partial charge on any atom is 0.221 e. The average Bonchev–Trinajstić information content (AvgIpc) is 2.80. The molecule has 0 bridgehead atoms. The predicted molar refractivity (Wildman–Crippen MR) is 82.8 cm³/mol. The van der Waals surface area contributed by atoms with Crippen molar-refractivity contribution >= 4 is 22.2 Å². The van der Waals surface area contributed by atoms with E-state index in [0.29, 0.717) is 0 Å². The first-order valence-electron chi connectivity index (χ1n) is 6.67. The Morgan fingerprint density at radius 3 is 2.75 bits per heavy atom. The number of carbonyl (C=O) groups excluding carboxylic acids is 1. The third-order valence-corrected chi connectivity index (χ3v) is 4.83. The smallest absolute Gasteiger partial charge is 0.221 e. The highest BCUT2D eigenvalue weighted by atomic mass is 32.1. The topological polar surface area (TPSA) is 38.3 Å². The Balaban J connectivity index is 2.14. The fraction of sp³-hybridized carbons (Fsp3) is 0.312. The molecule has 1 aromatic carbocycles. The summed E-state index contributed by atoms with van der Waals surface area (Å²) in [5, 5.41) is 3.82. The highest BCUT2D eigenvalue weighted by Gasteiger charge is 2.22. The zero-order valence-corrected chi connectivity index (χ0v) is 12.7. The Morgan fingerprint density at radius 2 is 2.05 bits per heavy atom. The lowest BCUT2D eigenvalue weighted by Crippen LogP contribution is -2.04. The van der Waals surface area contributed by atoms with Crippen LogP contribution in [0.2, 0.25) is 0 Å². The predicted octanol–water partition coefficient (Wildman–Crippen LogP) is 3.79. The Morgan fingerprint density at radius 1 is 1.30 bits per heavy atom. The molecule has 2 aromatic rings. The number of hydrogen-bond acceptors (Lipinski definition) is 3. The standard InChI is InChI=1S/C16H17NO2S/c1-9-13(19-3)7-6-11-4-5-12-8-14(17-10(2)18)20-16(12)15(9)11/h6-8H,4-5H2,1-3H3,(H,17,18). The first-order chi connectivity index (χ1) is 9.60. The van der Waals surface area contributed by atoms with Crippen LogP contribution in [0.3, 0.4) is 0 Å². The SMILES string of the molecule is COc1ccc2c(c1C)-c1sc(NC(C)=O)cc1CC2. The number of hydrogen-bond donors (Lipinski definition) is 1. The van der Waals surface area contributed by atoms with E-state index >= 15 is 0 Å². The number of rotatable bonds is 2. The molecule has 0 aliphatic heterocycles. The van der Waals surface area contributed by atoms with Crippen molar-refractivity contribution in [3.05, 3.63) is 34.9 Å². The van der Waals surface area contributed by atoms with Crippen LogP contribution in [0.1, 0.15) is 23.6 Å². The number of carbonyl (C=O) groups is 1. The zero-order chi connectivity index (χ0) is 14.3. The van der Waals surface area contributed by atoms with Gasteiger partial charge in [0.05, 0.1) is 12.1 Å². The molecule has 0 atom stereocenters. The van der Waals surface area contributed by atoms with Crippen molar-refractivity contribution in [2.24, 2.45) is 0 Å². The summed E-state index contributed by atoms with van der Waals surface area (Å²) in [5.41, 5.74) is 5.16. The second-order valence-corrected chi connectivity index (χ2v) is 6.13. The number of thiophene rings is 1. The van der Waals surface area contributed by atoms with Gasteiger partial charge in [0.25, 0.3) is 0 Å². The Hall–Kier alpha value is -1.81. The lowest BCUT2D eigenvalue weighted by atomic mass is 9.88. The van der Waals surface area contributed by atoms with Gasteiger partial charge in [-0.15, -0.1) is 11.3 Å². The van der Waals surface area contributed by atoms with E-state index in [0.717, 1.165) is 23.6 Å². The summed E-state index contributed by atoms with van der Waals surface area (Å²) in [6.45, 7) is 3.64. The van der Waals surface area contributed by atoms with Gasteiger partial charge in [0.1, 0.15) is 5.75 Å². The van der Waals surface area contributed by atoms with Crippen molar-refractivity contribution in [2.45, 2.75) is 26.7 Å². The normalized spacial score (nSPS) is 12.6. The van der Waals surface area contributed by atoms with Crippen molar-refractivity contribution in [3.8, 4) is 16.2 Å². The first-order valence-corrected chi connectivity index (χ1v) is 7.49. The Bertz CT molecular complexity index is 688. The molecule has 3 nitrogen and oxygen atoms in total. The van der Waals surface area contributed by atoms with Crippen LogP contribution in [-0.4, -0.2) is 13.0 Å². The number of fused-ring (bicyclic) bond motifs is 3. The van der Waals surface area contributed by atoms with Gasteiger partial charge < -0.3 is 10.1 Å². The summed E-state index contributed by atoms with van der Waals surface area (Å²) in [7, 11) is 1.70. The van der Waals surface area contributed by atoms with Gasteiger partial charge in [-0.3, -0.25) is 4.79 Å². The summed E-state index contributed by atoms with van der Waals surface area (Å²) in [5.74, 6) is 0.900. The molecule has 1 aliphatic carbocycles. The van der Waals surface area contributed by atoms with Gasteiger partial charge >= 0.3 is 0 Å². The molecule has 1 aliphatic rings. The molecule has 1 N–H and O–H groups in total. The molecule has 1 aromatic heterocycles. The second kappa shape index (κ2) is 4.94. The van der Waals surface area contributed by atoms with Crippen LogP contribution in [0.25, 0.3) is 10.4 Å². The van der Waals surface area contributed by atoms with Crippen molar-refractivity contribution in [1.29, 1.82) is 0 Å². The lowest BCUT2D eigenvalue weighted by Gasteiger charge is -2.20. The van der Waals surface area contributed by atoms with Gasteiger partial charge in [-0.1, -0.05) is 6.07 Å². The van der Waals surface area contributed by atoms with Gasteiger partial charge in [-0.2, -0.15) is 0 Å². The van der Waals surface area contributed by atoms with Crippen LogP contribution >= 0.6 is 11.3 Å². The molecule has 104 valence electrons. The summed E-state index contributed by atoms with van der Waals surface area (Å²) < 4.78 is 5.43. The summed E-state index contributed by atoms with van der Waals surface area (Å²) in [6.07, 6.45) is 2.08. The van der Waals surface area contributed by atoms with E-state index < -0.39 is 0 Å². The fourth-order valence-electron chi connectivity index (χ4n) is 2.82. The summed E-state index contributed by atoms with van der Waals surface area (Å²) >= 11 is 1.65. The number of aryl methyl sites for hydroxylation is 2. The average molecular weight is 287 g/mol. The second-order valence-electron chi connectivity index (χ2n) is 5.07. The fourth-order valence-corrected chi connectivity index (χ4v) is 4.12. The molecule has 0 saturated carbocycles. The monoisotopic (exact) mass is 287 g/mol. The molecule has 4 heteroatoms. The summed E-state index contributed by atoms with van der Waals surface area (Å²) in [4.78, 5) is 12.5. The number of nitrogens with one attached hydrogen (secondary N) is 1. The number of anilines is 1. The molecule has 0 radical (unpaired) electrons. The molecular weight excluding hydrogens is 270 g/mol. The summed E-state index contributed by atoms with van der Waals surface area (Å²) in [6, 6.07) is 6.30. The van der Waals surface area contributed by atoms with Crippen LogP contribution in [0.4, 0.5) is 5.00 Å². The zero-order valence-electron chi connectivity index (χ0n) is 11.9. The highest BCUT2D eigenvalue weighted by Crippen LogP contribution is 2.45. The van der Waals surface area contributed by atoms with E-state index in [9.17, 15) is 4.79 Å². The maximum absolute atomic E-state index is 11.2. The van der Waals surface area contributed by atoms with E-state index in [1.807, 2.05) is 6.07 Å². The van der Waals surface area contributed by atoms with Crippen LogP contribution in [0, 0.1) is 6.92 Å². The minimum absolute atomic E-state index is 0.0221. The molecule has 3 rings (SSSR count). The van der Waals surface area contributed by atoms with Crippen molar-refractivity contribution in [3.63, 3.8) is 0 Å². The molecule has 1 amide bonds. The minimum Gasteiger partial charge on any atom is -0.496 e. The van der Waals surface area contributed by atoms with Gasteiger partial charge in [0, 0.05) is 17.4 Å². The van der Waals surface area contributed by atoms with Crippen molar-refractivity contribution in [2.75, 3.05) is 12.4 Å².